The van der Waals surface area contributed by atoms with Crippen molar-refractivity contribution in [3.63, 3.8) is 0 Å². The van der Waals surface area contributed by atoms with Crippen LogP contribution < -0.4 is 5.32 Å². The molecule has 0 radical (unpaired) electrons. The van der Waals surface area contributed by atoms with Gasteiger partial charge in [0.15, 0.2) is 0 Å². The molecule has 6 rings (SSSR count). The SMILES string of the molecule is CCCN(CC1(O)CCC2c3ccc(cc3C(=O)c3ccc(C)s3)CC(O)CCC(C)=CCCC21C)C(=O)Nc1ccccc1. The number of carbonyl (C=O) groups is 2. The van der Waals surface area contributed by atoms with E-state index in [1.807, 2.05) is 62.4 Å². The molecular weight excluding hydrogens is 580 g/mol. The molecule has 0 saturated heterocycles. The number of aliphatic hydroxyl groups is 2. The highest BCUT2D eigenvalue weighted by Gasteiger charge is 2.57. The third-order valence-electron chi connectivity index (χ3n) is 10.1. The summed E-state index contributed by atoms with van der Waals surface area (Å²) in [6.45, 7) is 9.08. The van der Waals surface area contributed by atoms with E-state index in [1.54, 1.807) is 4.90 Å². The number of thiophene rings is 1. The van der Waals surface area contributed by atoms with Crippen molar-refractivity contribution in [2.24, 2.45) is 5.41 Å². The van der Waals surface area contributed by atoms with Gasteiger partial charge in [-0.1, -0.05) is 55.8 Å². The fourth-order valence-electron chi connectivity index (χ4n) is 7.45. The van der Waals surface area contributed by atoms with Crippen LogP contribution >= 0.6 is 11.3 Å². The van der Waals surface area contributed by atoms with Gasteiger partial charge in [0.2, 0.25) is 5.78 Å². The number of aryl methyl sites for hydroxylation is 1. The van der Waals surface area contributed by atoms with Gasteiger partial charge in [0.1, 0.15) is 0 Å². The van der Waals surface area contributed by atoms with Crippen LogP contribution in [0.5, 0.6) is 0 Å². The van der Waals surface area contributed by atoms with Crippen LogP contribution in [0.2, 0.25) is 0 Å². The van der Waals surface area contributed by atoms with E-state index >= 15 is 0 Å². The van der Waals surface area contributed by atoms with E-state index < -0.39 is 17.1 Å². The molecule has 3 aliphatic rings. The summed E-state index contributed by atoms with van der Waals surface area (Å²) in [5.41, 5.74) is 2.77. The van der Waals surface area contributed by atoms with Crippen molar-refractivity contribution in [2.45, 2.75) is 96.7 Å². The predicted molar refractivity (Wildman–Crippen MR) is 183 cm³/mol. The predicted octanol–water partition coefficient (Wildman–Crippen LogP) is 8.27. The topological polar surface area (TPSA) is 89.9 Å². The maximum atomic E-state index is 14.1. The smallest absolute Gasteiger partial charge is 0.321 e. The molecule has 4 atom stereocenters. The number of fused-ring (bicyclic) bond motifs is 8. The Bertz CT molecular complexity index is 1530. The molecule has 2 bridgehead atoms. The van der Waals surface area contributed by atoms with Crippen molar-refractivity contribution in [1.82, 2.24) is 4.90 Å². The zero-order valence-corrected chi connectivity index (χ0v) is 28.0. The Morgan fingerprint density at radius 3 is 2.53 bits per heavy atom. The minimum atomic E-state index is -1.16. The summed E-state index contributed by atoms with van der Waals surface area (Å²) >= 11 is 1.50. The molecule has 7 heteroatoms. The summed E-state index contributed by atoms with van der Waals surface area (Å²) in [6.07, 6.45) is 7.20. The quantitative estimate of drug-likeness (QED) is 0.182. The summed E-state index contributed by atoms with van der Waals surface area (Å²) in [7, 11) is 0. The van der Waals surface area contributed by atoms with Gasteiger partial charge in [0.05, 0.1) is 23.1 Å². The maximum absolute atomic E-state index is 14.1. The van der Waals surface area contributed by atoms with Crippen LogP contribution in [0.25, 0.3) is 0 Å². The average molecular weight is 629 g/mol. The van der Waals surface area contributed by atoms with Crippen LogP contribution in [-0.2, 0) is 6.42 Å². The lowest BCUT2D eigenvalue weighted by atomic mass is 9.64. The molecule has 3 aromatic rings. The van der Waals surface area contributed by atoms with Crippen LogP contribution in [0.4, 0.5) is 10.5 Å². The van der Waals surface area contributed by atoms with Gasteiger partial charge in [-0.15, -0.1) is 11.3 Å². The molecule has 45 heavy (non-hydrogen) atoms. The lowest BCUT2D eigenvalue weighted by Crippen LogP contribution is -2.54. The second kappa shape index (κ2) is 14.0. The molecule has 1 heterocycles. The largest absolute Gasteiger partial charge is 0.393 e. The van der Waals surface area contributed by atoms with Gasteiger partial charge in [-0.2, -0.15) is 0 Å². The zero-order chi connectivity index (χ0) is 32.2. The highest BCUT2D eigenvalue weighted by atomic mass is 32.1. The lowest BCUT2D eigenvalue weighted by molar-refractivity contribution is -0.0763. The third-order valence-corrected chi connectivity index (χ3v) is 11.1. The summed E-state index contributed by atoms with van der Waals surface area (Å²) in [6, 6.07) is 19.2. The number of amides is 2. The number of aliphatic hydroxyl groups excluding tert-OH is 1. The number of para-hydroxylation sites is 1. The standard InChI is InChI=1S/C38H48N2O4S/c1-5-22-40(36(43)39-29-11-7-6-8-12-29)25-38(44)21-19-33-31-17-15-28(24-32(31)35(42)34-18-14-27(3)45-34)23-30(41)16-13-26(2)10-9-20-37(33,38)4/h6-8,10-12,14-15,17-18,24,30,33,41,44H,5,9,13,16,19-23,25H2,1-4H3,(H,39,43). The number of carbonyl (C=O) groups excluding carboxylic acids is 2. The molecule has 240 valence electrons. The van der Waals surface area contributed by atoms with Crippen LogP contribution in [0.1, 0.15) is 103 Å². The first kappa shape index (κ1) is 33.1. The molecule has 0 aliphatic heterocycles. The number of nitrogens with one attached hydrogen (secondary N) is 1. The lowest BCUT2D eigenvalue weighted by Gasteiger charge is -2.46. The first-order chi connectivity index (χ1) is 21.5. The highest BCUT2D eigenvalue weighted by Crippen LogP contribution is 2.59. The minimum absolute atomic E-state index is 0.00471. The molecule has 2 aromatic carbocycles. The third kappa shape index (κ3) is 7.26. The van der Waals surface area contributed by atoms with Gasteiger partial charge < -0.3 is 20.4 Å². The van der Waals surface area contributed by atoms with Crippen LogP contribution in [0.3, 0.4) is 0 Å². The Morgan fingerprint density at radius 1 is 1.04 bits per heavy atom. The van der Waals surface area contributed by atoms with Crippen molar-refractivity contribution >= 4 is 28.8 Å². The molecule has 1 fully saturated rings. The van der Waals surface area contributed by atoms with Gasteiger partial charge in [-0.3, -0.25) is 4.79 Å². The number of nitrogens with zero attached hydrogens (tertiary/aromatic N) is 1. The second-order valence-corrected chi connectivity index (χ2v) is 14.7. The number of hydrogen-bond donors (Lipinski definition) is 3. The van der Waals surface area contributed by atoms with Crippen molar-refractivity contribution in [1.29, 1.82) is 0 Å². The Hall–Kier alpha value is -3.26. The zero-order valence-electron chi connectivity index (χ0n) is 27.1. The van der Waals surface area contributed by atoms with E-state index in [1.165, 1.54) is 16.9 Å². The van der Waals surface area contributed by atoms with Crippen LogP contribution in [0, 0.1) is 12.3 Å². The van der Waals surface area contributed by atoms with E-state index in [2.05, 4.69) is 37.4 Å². The molecule has 6 nitrogen and oxygen atoms in total. The molecule has 2 amide bonds. The number of ketones is 1. The summed E-state index contributed by atoms with van der Waals surface area (Å²) in [5, 5.41) is 26.6. The number of urea groups is 1. The van der Waals surface area contributed by atoms with E-state index in [-0.39, 0.29) is 24.3 Å². The Morgan fingerprint density at radius 2 is 1.82 bits per heavy atom. The number of allylic oxidation sites excluding steroid dienone is 2. The summed E-state index contributed by atoms with van der Waals surface area (Å²) < 4.78 is 0. The number of anilines is 1. The van der Waals surface area contributed by atoms with E-state index in [0.717, 1.165) is 41.0 Å². The molecule has 3 N–H and O–H groups in total. The van der Waals surface area contributed by atoms with Gasteiger partial charge in [0, 0.05) is 28.1 Å². The minimum Gasteiger partial charge on any atom is -0.393 e. The molecule has 1 aromatic heterocycles. The van der Waals surface area contributed by atoms with Crippen molar-refractivity contribution in [2.75, 3.05) is 18.4 Å². The van der Waals surface area contributed by atoms with E-state index in [0.29, 0.717) is 49.1 Å². The number of rotatable bonds is 7. The molecule has 3 aliphatic carbocycles. The fraction of sp³-hybridized carbons (Fsp3) is 0.474. The number of benzene rings is 2. The Kier molecular flexibility index (Phi) is 10.3. The van der Waals surface area contributed by atoms with Crippen molar-refractivity contribution < 1.29 is 19.8 Å². The first-order valence-corrected chi connectivity index (χ1v) is 17.3. The van der Waals surface area contributed by atoms with Crippen molar-refractivity contribution in [3.8, 4) is 0 Å². The van der Waals surface area contributed by atoms with Crippen LogP contribution in [0.15, 0.2) is 72.3 Å². The van der Waals surface area contributed by atoms with E-state index in [9.17, 15) is 19.8 Å². The monoisotopic (exact) mass is 628 g/mol. The molecule has 1 saturated carbocycles. The summed E-state index contributed by atoms with van der Waals surface area (Å²) in [5.74, 6) is -0.0892. The maximum Gasteiger partial charge on any atom is 0.321 e. The number of hydrogen-bond acceptors (Lipinski definition) is 5. The Balaban J connectivity index is 1.56. The molecule has 0 spiro atoms. The first-order valence-electron chi connectivity index (χ1n) is 16.4. The highest BCUT2D eigenvalue weighted by molar-refractivity contribution is 7.14. The van der Waals surface area contributed by atoms with Gasteiger partial charge in [0.25, 0.3) is 0 Å². The van der Waals surface area contributed by atoms with Crippen molar-refractivity contribution in [3.05, 3.63) is 98.8 Å². The fourth-order valence-corrected chi connectivity index (χ4v) is 8.27. The van der Waals surface area contributed by atoms with Crippen LogP contribution in [-0.4, -0.2) is 51.7 Å². The van der Waals surface area contributed by atoms with Gasteiger partial charge in [-0.25, -0.2) is 4.79 Å². The van der Waals surface area contributed by atoms with Gasteiger partial charge in [-0.05, 0) is 113 Å². The summed E-state index contributed by atoms with van der Waals surface area (Å²) in [4.78, 5) is 31.2. The van der Waals surface area contributed by atoms with Gasteiger partial charge >= 0.3 is 6.03 Å². The Labute approximate surface area is 272 Å². The average Bonchev–Trinajstić information content (AvgIpc) is 3.56. The molecular formula is C38H48N2O4S. The molecule has 4 unspecified atom stereocenters. The normalized spacial score (nSPS) is 25.2. The van der Waals surface area contributed by atoms with E-state index in [4.69, 9.17) is 0 Å². The second-order valence-electron chi connectivity index (χ2n) is 13.4.